The van der Waals surface area contributed by atoms with Crippen LogP contribution in [0.4, 0.5) is 4.79 Å². The van der Waals surface area contributed by atoms with Crippen molar-refractivity contribution in [2.75, 3.05) is 13.2 Å². The van der Waals surface area contributed by atoms with Crippen molar-refractivity contribution in [3.63, 3.8) is 0 Å². The second kappa shape index (κ2) is 10.4. The molecule has 196 valence electrons. The summed E-state index contributed by atoms with van der Waals surface area (Å²) in [7, 11) is -0.697. The number of carbonyl (C=O) groups excluding carboxylic acids is 1. The molecule has 2 heterocycles. The summed E-state index contributed by atoms with van der Waals surface area (Å²) in [4.78, 5) is 16.9. The molecule has 0 radical (unpaired) electrons. The molecule has 3 aromatic rings. The van der Waals surface area contributed by atoms with Crippen LogP contribution in [0.2, 0.25) is 10.2 Å². The maximum atomic E-state index is 12.9. The van der Waals surface area contributed by atoms with Gasteiger partial charge in [-0.1, -0.05) is 77.8 Å². The number of carbonyl (C=O) groups is 1. The predicted octanol–water partition coefficient (Wildman–Crippen LogP) is 6.94. The molecule has 2 aliphatic rings. The van der Waals surface area contributed by atoms with E-state index < -0.39 is 24.4 Å². The molecule has 1 aliphatic heterocycles. The third kappa shape index (κ3) is 5.08. The molecule has 1 N–H and O–H groups in total. The number of rotatable bonds is 6. The number of halogens is 2. The van der Waals surface area contributed by atoms with Gasteiger partial charge in [0, 0.05) is 18.7 Å². The van der Waals surface area contributed by atoms with E-state index in [2.05, 4.69) is 34.6 Å². The molecular formula is C29H29BCl2N2O4. The van der Waals surface area contributed by atoms with Gasteiger partial charge in [0.25, 0.3) is 0 Å². The average Bonchev–Trinajstić information content (AvgIpc) is 3.32. The average molecular weight is 551 g/mol. The van der Waals surface area contributed by atoms with Gasteiger partial charge in [0.1, 0.15) is 11.8 Å². The molecule has 0 bridgehead atoms. The molecule has 0 saturated carbocycles. The molecule has 0 unspecified atom stereocenters. The molecule has 5 rings (SSSR count). The van der Waals surface area contributed by atoms with Crippen molar-refractivity contribution < 1.29 is 18.8 Å². The molecule has 1 aliphatic carbocycles. The van der Waals surface area contributed by atoms with E-state index in [0.29, 0.717) is 16.1 Å². The van der Waals surface area contributed by atoms with Gasteiger partial charge in [0.2, 0.25) is 0 Å². The Hall–Kier alpha value is -2.84. The number of fused-ring (bicyclic) bond motifs is 3. The van der Waals surface area contributed by atoms with Crippen molar-refractivity contribution in [3.8, 4) is 11.1 Å². The van der Waals surface area contributed by atoms with E-state index in [1.165, 1.54) is 11.1 Å². The van der Waals surface area contributed by atoms with Crippen LogP contribution in [0.25, 0.3) is 17.2 Å². The molecule has 38 heavy (non-hydrogen) atoms. The van der Waals surface area contributed by atoms with Crippen molar-refractivity contribution in [1.82, 2.24) is 10.3 Å². The van der Waals surface area contributed by atoms with Crippen LogP contribution >= 0.6 is 23.2 Å². The fraction of sp³-hybridized carbons (Fsp3) is 0.310. The fourth-order valence-corrected chi connectivity index (χ4v) is 5.10. The standard InChI is InChI=1S/C29H29BCl2N2O4/c1-28(2)29(3,4)38-30(37-28)19(15-18-13-14-33-26(32)25(18)31)16-34-27(35)36-17-24-22-11-7-5-9-20(22)21-10-6-8-12-23(21)24/h5-15,24H,16-17H2,1-4H3,(H,34,35). The highest BCUT2D eigenvalue weighted by Gasteiger charge is 2.52. The van der Waals surface area contributed by atoms with Gasteiger partial charge in [-0.25, -0.2) is 9.78 Å². The Labute approximate surface area is 233 Å². The second-order valence-electron chi connectivity index (χ2n) is 10.5. The Balaban J connectivity index is 1.31. The number of alkyl carbamates (subject to hydrolysis) is 1. The Morgan fingerprint density at radius 2 is 1.58 bits per heavy atom. The highest BCUT2D eigenvalue weighted by atomic mass is 35.5. The highest BCUT2D eigenvalue weighted by Crippen LogP contribution is 2.44. The van der Waals surface area contributed by atoms with Crippen LogP contribution in [0.3, 0.4) is 0 Å². The quantitative estimate of drug-likeness (QED) is 0.266. The van der Waals surface area contributed by atoms with Crippen molar-refractivity contribution in [3.05, 3.63) is 93.1 Å². The van der Waals surface area contributed by atoms with Gasteiger partial charge in [-0.2, -0.15) is 0 Å². The predicted molar refractivity (Wildman–Crippen MR) is 151 cm³/mol. The molecule has 0 atom stereocenters. The van der Waals surface area contributed by atoms with E-state index in [9.17, 15) is 4.79 Å². The van der Waals surface area contributed by atoms with Crippen LogP contribution in [-0.2, 0) is 14.0 Å². The minimum Gasteiger partial charge on any atom is -0.449 e. The van der Waals surface area contributed by atoms with E-state index in [0.717, 1.165) is 11.1 Å². The second-order valence-corrected chi connectivity index (χ2v) is 11.2. The van der Waals surface area contributed by atoms with Gasteiger partial charge < -0.3 is 19.4 Å². The van der Waals surface area contributed by atoms with Crippen molar-refractivity contribution in [2.45, 2.75) is 44.8 Å². The smallest absolute Gasteiger partial charge is 0.449 e. The van der Waals surface area contributed by atoms with Gasteiger partial charge >= 0.3 is 13.2 Å². The normalized spacial score (nSPS) is 17.7. The minimum absolute atomic E-state index is 0.0240. The van der Waals surface area contributed by atoms with E-state index in [1.807, 2.05) is 58.0 Å². The Kier molecular flexibility index (Phi) is 7.31. The fourth-order valence-electron chi connectivity index (χ4n) is 4.76. The molecule has 1 aromatic heterocycles. The first kappa shape index (κ1) is 26.8. The lowest BCUT2D eigenvalue weighted by molar-refractivity contribution is 0.00578. The molecule has 1 amide bonds. The minimum atomic E-state index is -0.697. The number of pyridine rings is 1. The first-order valence-corrected chi connectivity index (χ1v) is 13.3. The first-order valence-electron chi connectivity index (χ1n) is 12.5. The van der Waals surface area contributed by atoms with Crippen molar-refractivity contribution in [2.24, 2.45) is 0 Å². The van der Waals surface area contributed by atoms with E-state index in [1.54, 1.807) is 12.3 Å². The number of ether oxygens (including phenoxy) is 1. The van der Waals surface area contributed by atoms with Crippen LogP contribution in [0, 0.1) is 0 Å². The molecule has 2 aromatic carbocycles. The Morgan fingerprint density at radius 1 is 1.00 bits per heavy atom. The van der Waals surface area contributed by atoms with E-state index >= 15 is 0 Å². The number of amides is 1. The zero-order chi connectivity index (χ0) is 27.1. The van der Waals surface area contributed by atoms with E-state index in [4.69, 9.17) is 37.2 Å². The maximum absolute atomic E-state index is 12.9. The number of hydrogen-bond acceptors (Lipinski definition) is 5. The third-order valence-electron chi connectivity index (χ3n) is 7.55. The number of nitrogens with one attached hydrogen (secondary N) is 1. The van der Waals surface area contributed by atoms with Gasteiger partial charge in [0.05, 0.1) is 16.2 Å². The number of nitrogens with zero attached hydrogens (tertiary/aromatic N) is 1. The maximum Gasteiger partial charge on any atom is 0.492 e. The van der Waals surface area contributed by atoms with E-state index in [-0.39, 0.29) is 24.2 Å². The SMILES string of the molecule is CC1(C)OB(C(=Cc2ccnc(Cl)c2Cl)CNC(=O)OCC2c3ccccc3-c3ccccc32)OC1(C)C. The summed E-state index contributed by atoms with van der Waals surface area (Å²) < 4.78 is 18.2. The summed E-state index contributed by atoms with van der Waals surface area (Å²) in [6.45, 7) is 8.24. The van der Waals surface area contributed by atoms with Crippen LogP contribution in [0.5, 0.6) is 0 Å². The van der Waals surface area contributed by atoms with Crippen molar-refractivity contribution in [1.29, 1.82) is 0 Å². The van der Waals surface area contributed by atoms with Crippen LogP contribution in [0.1, 0.15) is 50.3 Å². The van der Waals surface area contributed by atoms with Crippen molar-refractivity contribution >= 4 is 42.5 Å². The molecule has 0 spiro atoms. The lowest BCUT2D eigenvalue weighted by Gasteiger charge is -2.32. The zero-order valence-electron chi connectivity index (χ0n) is 21.8. The Morgan fingerprint density at radius 3 is 2.18 bits per heavy atom. The van der Waals surface area contributed by atoms with Gasteiger partial charge in [-0.3, -0.25) is 0 Å². The Bertz CT molecular complexity index is 1350. The molecule has 9 heteroatoms. The summed E-state index contributed by atoms with van der Waals surface area (Å²) in [6, 6.07) is 18.2. The molecule has 1 fully saturated rings. The third-order valence-corrected chi connectivity index (χ3v) is 8.33. The summed E-state index contributed by atoms with van der Waals surface area (Å²) in [5.41, 5.74) is 4.87. The molecular weight excluding hydrogens is 522 g/mol. The number of benzene rings is 2. The van der Waals surface area contributed by atoms with Crippen LogP contribution in [-0.4, -0.2) is 42.5 Å². The van der Waals surface area contributed by atoms with Gasteiger partial charge in [0.15, 0.2) is 0 Å². The summed E-state index contributed by atoms with van der Waals surface area (Å²) in [5, 5.41) is 3.36. The van der Waals surface area contributed by atoms with Gasteiger partial charge in [-0.15, -0.1) is 0 Å². The monoisotopic (exact) mass is 550 g/mol. The summed E-state index contributed by atoms with van der Waals surface area (Å²) >= 11 is 12.5. The molecule has 1 saturated heterocycles. The van der Waals surface area contributed by atoms with Gasteiger partial charge in [-0.05, 0) is 67.1 Å². The lowest BCUT2D eigenvalue weighted by atomic mass is 9.77. The number of hydrogen-bond donors (Lipinski definition) is 1. The lowest BCUT2D eigenvalue weighted by Crippen LogP contribution is -2.41. The largest absolute Gasteiger partial charge is 0.492 e. The first-order chi connectivity index (χ1) is 18.1. The zero-order valence-corrected chi connectivity index (χ0v) is 23.3. The topological polar surface area (TPSA) is 69.7 Å². The van der Waals surface area contributed by atoms with Crippen LogP contribution < -0.4 is 5.32 Å². The molecule has 6 nitrogen and oxygen atoms in total. The summed E-state index contributed by atoms with van der Waals surface area (Å²) in [5.74, 6) is -0.0240. The van der Waals surface area contributed by atoms with Crippen LogP contribution in [0.15, 0.2) is 66.3 Å². The highest BCUT2D eigenvalue weighted by molar-refractivity contribution is 6.56. The number of aromatic nitrogens is 1. The summed E-state index contributed by atoms with van der Waals surface area (Å²) in [6.07, 6.45) is 2.84.